The van der Waals surface area contributed by atoms with Crippen LogP contribution in [0.5, 0.6) is 0 Å². The van der Waals surface area contributed by atoms with E-state index in [9.17, 15) is 4.79 Å². The molecule has 0 aliphatic heterocycles. The number of esters is 1. The summed E-state index contributed by atoms with van der Waals surface area (Å²) in [4.78, 5) is 11.1. The van der Waals surface area contributed by atoms with E-state index in [2.05, 4.69) is 36.6 Å². The summed E-state index contributed by atoms with van der Waals surface area (Å²) in [6, 6.07) is 3.68. The minimum Gasteiger partial charge on any atom is -0.469 e. The molecule has 0 N–H and O–H groups in total. The highest BCUT2D eigenvalue weighted by molar-refractivity contribution is 9.10. The molecule has 2 nitrogen and oxygen atoms in total. The van der Waals surface area contributed by atoms with Crippen LogP contribution >= 0.6 is 43.5 Å². The van der Waals surface area contributed by atoms with E-state index in [-0.39, 0.29) is 12.4 Å². The van der Waals surface area contributed by atoms with E-state index in [1.165, 1.54) is 7.11 Å². The third kappa shape index (κ3) is 3.47. The first-order chi connectivity index (χ1) is 7.08. The number of ether oxygens (including phenoxy) is 1. The number of methoxy groups -OCH3 is 1. The lowest BCUT2D eigenvalue weighted by molar-refractivity contribution is -0.139. The molecule has 82 valence electrons. The zero-order chi connectivity index (χ0) is 11.4. The lowest BCUT2D eigenvalue weighted by Gasteiger charge is -2.07. The van der Waals surface area contributed by atoms with Gasteiger partial charge in [0.2, 0.25) is 0 Å². The number of benzene rings is 1. The second kappa shape index (κ2) is 5.87. The second-order valence-corrected chi connectivity index (χ2v) is 4.74. The highest BCUT2D eigenvalue weighted by atomic mass is 79.9. The molecule has 0 spiro atoms. The standard InChI is InChI=1S/C10H9Br2ClO2/c1-15-10(14)4-6-2-8(12)7(5-11)3-9(6)13/h2-3H,4-5H2,1H3. The van der Waals surface area contributed by atoms with Crippen molar-refractivity contribution < 1.29 is 9.53 Å². The van der Waals surface area contributed by atoms with Crippen molar-refractivity contribution in [3.05, 3.63) is 32.8 Å². The smallest absolute Gasteiger partial charge is 0.310 e. The van der Waals surface area contributed by atoms with Crippen molar-refractivity contribution in [2.45, 2.75) is 11.8 Å². The normalized spacial score (nSPS) is 10.1. The minimum absolute atomic E-state index is 0.191. The van der Waals surface area contributed by atoms with Crippen LogP contribution in [-0.2, 0) is 21.3 Å². The predicted octanol–water partition coefficient (Wildman–Crippen LogP) is 3.71. The number of carbonyl (C=O) groups is 1. The Morgan fingerprint density at radius 1 is 1.47 bits per heavy atom. The van der Waals surface area contributed by atoms with Gasteiger partial charge in [-0.15, -0.1) is 0 Å². The van der Waals surface area contributed by atoms with Crippen molar-refractivity contribution >= 4 is 49.4 Å². The van der Waals surface area contributed by atoms with Crippen LogP contribution in [0.25, 0.3) is 0 Å². The topological polar surface area (TPSA) is 26.3 Å². The zero-order valence-corrected chi connectivity index (χ0v) is 11.9. The van der Waals surface area contributed by atoms with Gasteiger partial charge in [0.05, 0.1) is 13.5 Å². The van der Waals surface area contributed by atoms with Gasteiger partial charge in [0.25, 0.3) is 0 Å². The van der Waals surface area contributed by atoms with Crippen molar-refractivity contribution in [2.24, 2.45) is 0 Å². The number of alkyl halides is 1. The van der Waals surface area contributed by atoms with Crippen LogP contribution in [0.2, 0.25) is 5.02 Å². The largest absolute Gasteiger partial charge is 0.469 e. The number of hydrogen-bond donors (Lipinski definition) is 0. The highest BCUT2D eigenvalue weighted by Crippen LogP contribution is 2.27. The molecule has 0 aromatic heterocycles. The van der Waals surface area contributed by atoms with Crippen molar-refractivity contribution in [1.29, 1.82) is 0 Å². The second-order valence-electron chi connectivity index (χ2n) is 2.92. The number of hydrogen-bond acceptors (Lipinski definition) is 2. The molecule has 5 heteroatoms. The van der Waals surface area contributed by atoms with Crippen molar-refractivity contribution in [1.82, 2.24) is 0 Å². The summed E-state index contributed by atoms with van der Waals surface area (Å²) in [5, 5.41) is 1.30. The first-order valence-electron chi connectivity index (χ1n) is 4.18. The van der Waals surface area contributed by atoms with Gasteiger partial charge in [-0.25, -0.2) is 0 Å². The summed E-state index contributed by atoms with van der Waals surface area (Å²) in [7, 11) is 1.36. The predicted molar refractivity (Wildman–Crippen MR) is 67.5 cm³/mol. The van der Waals surface area contributed by atoms with Gasteiger partial charge >= 0.3 is 5.97 Å². The maximum Gasteiger partial charge on any atom is 0.310 e. The third-order valence-corrected chi connectivity index (χ3v) is 3.62. The SMILES string of the molecule is COC(=O)Cc1cc(Br)c(CBr)cc1Cl. The zero-order valence-electron chi connectivity index (χ0n) is 8.02. The van der Waals surface area contributed by atoms with Gasteiger partial charge in [-0.05, 0) is 23.3 Å². The molecular formula is C10H9Br2ClO2. The Morgan fingerprint density at radius 3 is 2.67 bits per heavy atom. The summed E-state index contributed by atoms with van der Waals surface area (Å²) >= 11 is 12.8. The summed E-state index contributed by atoms with van der Waals surface area (Å²) in [6.07, 6.45) is 0.191. The van der Waals surface area contributed by atoms with Crippen LogP contribution in [0.4, 0.5) is 0 Å². The first-order valence-corrected chi connectivity index (χ1v) is 6.47. The number of halogens is 3. The first kappa shape index (κ1) is 13.0. The lowest BCUT2D eigenvalue weighted by atomic mass is 10.1. The van der Waals surface area contributed by atoms with Gasteiger partial charge in [0.1, 0.15) is 0 Å². The molecule has 0 heterocycles. The van der Waals surface area contributed by atoms with Gasteiger partial charge in [-0.3, -0.25) is 4.79 Å². The van der Waals surface area contributed by atoms with E-state index in [0.717, 1.165) is 15.6 Å². The molecule has 0 unspecified atom stereocenters. The van der Waals surface area contributed by atoms with E-state index < -0.39 is 0 Å². The maximum atomic E-state index is 11.1. The number of carbonyl (C=O) groups excluding carboxylic acids is 1. The van der Waals surface area contributed by atoms with Crippen LogP contribution in [-0.4, -0.2) is 13.1 Å². The Balaban J connectivity index is 3.00. The Bertz CT molecular complexity index is 380. The number of rotatable bonds is 3. The molecule has 0 bridgehead atoms. The Morgan fingerprint density at radius 2 is 2.13 bits per heavy atom. The molecule has 0 aliphatic carbocycles. The fourth-order valence-electron chi connectivity index (χ4n) is 1.09. The Hall–Kier alpha value is -0.0600. The molecule has 1 aromatic carbocycles. The quantitative estimate of drug-likeness (QED) is 0.610. The van der Waals surface area contributed by atoms with Crippen LogP contribution in [0.15, 0.2) is 16.6 Å². The molecule has 15 heavy (non-hydrogen) atoms. The van der Waals surface area contributed by atoms with Crippen LogP contribution in [0.1, 0.15) is 11.1 Å². The molecule has 1 aromatic rings. The molecule has 0 saturated heterocycles. The molecule has 0 amide bonds. The van der Waals surface area contributed by atoms with Crippen LogP contribution in [0.3, 0.4) is 0 Å². The monoisotopic (exact) mass is 354 g/mol. The fourth-order valence-corrected chi connectivity index (χ4v) is 2.72. The molecule has 0 atom stereocenters. The van der Waals surface area contributed by atoms with Gasteiger partial charge < -0.3 is 4.74 Å². The summed E-state index contributed by atoms with van der Waals surface area (Å²) in [5.41, 5.74) is 1.81. The van der Waals surface area contributed by atoms with Gasteiger partial charge in [0.15, 0.2) is 0 Å². The summed E-state index contributed by atoms with van der Waals surface area (Å²) < 4.78 is 5.52. The molecule has 0 radical (unpaired) electrons. The summed E-state index contributed by atoms with van der Waals surface area (Å²) in [6.45, 7) is 0. The lowest BCUT2D eigenvalue weighted by Crippen LogP contribution is -2.05. The Labute approximate surface area is 110 Å². The van der Waals surface area contributed by atoms with E-state index in [1.54, 1.807) is 0 Å². The maximum absolute atomic E-state index is 11.1. The fraction of sp³-hybridized carbons (Fsp3) is 0.300. The van der Waals surface area contributed by atoms with Gasteiger partial charge in [-0.1, -0.05) is 43.5 Å². The average Bonchev–Trinajstić information content (AvgIpc) is 2.22. The van der Waals surface area contributed by atoms with Crippen LogP contribution < -0.4 is 0 Å². The van der Waals surface area contributed by atoms with E-state index in [4.69, 9.17) is 11.6 Å². The molecule has 0 fully saturated rings. The Kier molecular flexibility index (Phi) is 5.09. The van der Waals surface area contributed by atoms with Crippen LogP contribution in [0, 0.1) is 0 Å². The molecule has 0 saturated carbocycles. The van der Waals surface area contributed by atoms with E-state index in [1.807, 2.05) is 12.1 Å². The van der Waals surface area contributed by atoms with Crippen molar-refractivity contribution in [2.75, 3.05) is 7.11 Å². The third-order valence-electron chi connectivity index (χ3n) is 1.92. The molecular weight excluding hydrogens is 347 g/mol. The van der Waals surface area contributed by atoms with Gasteiger partial charge in [-0.2, -0.15) is 0 Å². The highest BCUT2D eigenvalue weighted by Gasteiger charge is 2.10. The van der Waals surface area contributed by atoms with Crippen molar-refractivity contribution in [3.63, 3.8) is 0 Å². The minimum atomic E-state index is -0.296. The summed E-state index contributed by atoms with van der Waals surface area (Å²) in [5.74, 6) is -0.296. The van der Waals surface area contributed by atoms with Crippen molar-refractivity contribution in [3.8, 4) is 0 Å². The molecule has 0 aliphatic rings. The average molecular weight is 356 g/mol. The van der Waals surface area contributed by atoms with Gasteiger partial charge in [0, 0.05) is 14.8 Å². The molecule has 1 rings (SSSR count). The van der Waals surface area contributed by atoms with E-state index >= 15 is 0 Å². The van der Waals surface area contributed by atoms with E-state index in [0.29, 0.717) is 10.4 Å².